The van der Waals surface area contributed by atoms with E-state index < -0.39 is 24.0 Å². The van der Waals surface area contributed by atoms with Gasteiger partial charge in [-0.25, -0.2) is 9.96 Å². The predicted molar refractivity (Wildman–Crippen MR) is 122 cm³/mol. The molecule has 0 bridgehead atoms. The summed E-state index contributed by atoms with van der Waals surface area (Å²) in [6.07, 6.45) is -0.948. The van der Waals surface area contributed by atoms with Gasteiger partial charge in [0.2, 0.25) is 5.91 Å². The number of fused-ring (bicyclic) bond motifs is 1. The zero-order valence-electron chi connectivity index (χ0n) is 17.6. The van der Waals surface area contributed by atoms with E-state index in [4.69, 9.17) is 21.2 Å². The van der Waals surface area contributed by atoms with Gasteiger partial charge in [-0.3, -0.25) is 14.4 Å². The largest absolute Gasteiger partial charge is 0.496 e. The lowest BCUT2D eigenvalue weighted by atomic mass is 9.90. The van der Waals surface area contributed by atoms with E-state index in [0.29, 0.717) is 22.0 Å². The van der Waals surface area contributed by atoms with Crippen LogP contribution in [-0.2, 0) is 14.4 Å². The van der Waals surface area contributed by atoms with Gasteiger partial charge in [0.1, 0.15) is 11.7 Å². The summed E-state index contributed by atoms with van der Waals surface area (Å²) in [5.41, 5.74) is 2.68. The first-order valence-corrected chi connectivity index (χ1v) is 10.7. The summed E-state index contributed by atoms with van der Waals surface area (Å²) in [5, 5.41) is 2.15. The lowest BCUT2D eigenvalue weighted by molar-refractivity contribution is -0.126. The maximum atomic E-state index is 13.7. The van der Waals surface area contributed by atoms with Gasteiger partial charge in [0, 0.05) is 10.6 Å². The van der Waals surface area contributed by atoms with Crippen molar-refractivity contribution in [3.8, 4) is 5.75 Å². The van der Waals surface area contributed by atoms with Crippen LogP contribution in [0.1, 0.15) is 17.2 Å². The smallest absolute Gasteiger partial charge is 0.266 e. The van der Waals surface area contributed by atoms with Crippen LogP contribution in [0.15, 0.2) is 72.8 Å². The van der Waals surface area contributed by atoms with Gasteiger partial charge in [-0.1, -0.05) is 54.1 Å². The molecule has 162 valence electrons. The molecule has 2 aliphatic heterocycles. The monoisotopic (exact) mass is 448 g/mol. The van der Waals surface area contributed by atoms with Crippen molar-refractivity contribution in [2.24, 2.45) is 5.92 Å². The second kappa shape index (κ2) is 7.97. The number of carbonyl (C=O) groups is 2. The van der Waals surface area contributed by atoms with Gasteiger partial charge in [0.15, 0.2) is 6.10 Å². The number of anilines is 2. The number of amides is 2. The average Bonchev–Trinajstić information content (AvgIpc) is 3.32. The molecule has 7 heteroatoms. The molecule has 0 unspecified atom stereocenters. The molecular weight excluding hydrogens is 428 g/mol. The van der Waals surface area contributed by atoms with Crippen LogP contribution in [-0.4, -0.2) is 25.0 Å². The van der Waals surface area contributed by atoms with Gasteiger partial charge in [-0.15, -0.1) is 0 Å². The Morgan fingerprint density at radius 1 is 0.906 bits per heavy atom. The number of hydroxylamine groups is 1. The van der Waals surface area contributed by atoms with Crippen LogP contribution in [0.3, 0.4) is 0 Å². The summed E-state index contributed by atoms with van der Waals surface area (Å²) in [7, 11) is 1.59. The number of methoxy groups -OCH3 is 1. The number of benzene rings is 3. The molecular formula is C25H21ClN2O4. The van der Waals surface area contributed by atoms with Gasteiger partial charge in [-0.05, 0) is 42.8 Å². The molecule has 0 spiro atoms. The lowest BCUT2D eigenvalue weighted by Gasteiger charge is -2.29. The fourth-order valence-corrected chi connectivity index (χ4v) is 4.69. The molecule has 2 aliphatic rings. The molecule has 5 rings (SSSR count). The van der Waals surface area contributed by atoms with Gasteiger partial charge in [0.05, 0.1) is 24.5 Å². The van der Waals surface area contributed by atoms with Gasteiger partial charge in [0.25, 0.3) is 5.91 Å². The Labute approximate surface area is 190 Å². The van der Waals surface area contributed by atoms with Crippen LogP contribution >= 0.6 is 11.6 Å². The third-order valence-electron chi connectivity index (χ3n) is 6.06. The van der Waals surface area contributed by atoms with E-state index in [9.17, 15) is 9.59 Å². The van der Waals surface area contributed by atoms with Gasteiger partial charge >= 0.3 is 0 Å². The van der Waals surface area contributed by atoms with Crippen molar-refractivity contribution >= 4 is 34.8 Å². The summed E-state index contributed by atoms with van der Waals surface area (Å²) < 4.78 is 5.59. The molecule has 3 atom stereocenters. The summed E-state index contributed by atoms with van der Waals surface area (Å²) in [6, 6.07) is 21.6. The first kappa shape index (κ1) is 20.5. The molecule has 2 amide bonds. The minimum absolute atomic E-state index is 0.320. The van der Waals surface area contributed by atoms with Crippen molar-refractivity contribution in [2.45, 2.75) is 19.1 Å². The van der Waals surface area contributed by atoms with Crippen LogP contribution < -0.4 is 14.7 Å². The molecule has 0 aliphatic carbocycles. The van der Waals surface area contributed by atoms with E-state index in [2.05, 4.69) is 0 Å². The number of para-hydroxylation sites is 2. The minimum atomic E-state index is -0.948. The van der Waals surface area contributed by atoms with Crippen LogP contribution in [0.2, 0.25) is 5.02 Å². The normalized spacial score (nSPS) is 22.4. The van der Waals surface area contributed by atoms with Crippen LogP contribution in [0.4, 0.5) is 11.4 Å². The number of rotatable bonds is 4. The summed E-state index contributed by atoms with van der Waals surface area (Å²) in [5.74, 6) is -0.832. The standard InChI is InChI=1S/C25H21ClN2O4/c1-15-18(26)12-8-13-19(15)27-24(29)21-22(17-11-6-7-14-20(17)31-2)28(32-23(21)25(27)30)16-9-4-3-5-10-16/h3-14,21-23H,1-2H3/t21-,22+,23-/m0/s1. The second-order valence-corrected chi connectivity index (χ2v) is 8.20. The number of hydrogen-bond donors (Lipinski definition) is 0. The Morgan fingerprint density at radius 3 is 2.38 bits per heavy atom. The average molecular weight is 449 g/mol. The van der Waals surface area contributed by atoms with Crippen molar-refractivity contribution in [1.82, 2.24) is 0 Å². The quantitative estimate of drug-likeness (QED) is 0.541. The molecule has 0 N–H and O–H groups in total. The van der Waals surface area contributed by atoms with Crippen molar-refractivity contribution in [2.75, 3.05) is 17.1 Å². The van der Waals surface area contributed by atoms with Gasteiger partial charge in [-0.2, -0.15) is 0 Å². The lowest BCUT2D eigenvalue weighted by Crippen LogP contribution is -2.37. The number of carbonyl (C=O) groups excluding carboxylic acids is 2. The van der Waals surface area contributed by atoms with E-state index in [1.807, 2.05) is 54.6 Å². The molecule has 2 saturated heterocycles. The number of halogens is 1. The third-order valence-corrected chi connectivity index (χ3v) is 6.47. The molecule has 0 saturated carbocycles. The number of ether oxygens (including phenoxy) is 1. The first-order chi connectivity index (χ1) is 15.5. The zero-order chi connectivity index (χ0) is 22.4. The topological polar surface area (TPSA) is 59.1 Å². The van der Waals surface area contributed by atoms with Crippen LogP contribution in [0.25, 0.3) is 0 Å². The van der Waals surface area contributed by atoms with E-state index in [0.717, 1.165) is 11.3 Å². The number of hydrogen-bond acceptors (Lipinski definition) is 5. The Balaban J connectivity index is 1.63. The zero-order valence-corrected chi connectivity index (χ0v) is 18.3. The summed E-state index contributed by atoms with van der Waals surface area (Å²) in [4.78, 5) is 34.6. The second-order valence-electron chi connectivity index (χ2n) is 7.80. The molecule has 3 aromatic rings. The molecule has 0 radical (unpaired) electrons. The van der Waals surface area contributed by atoms with Crippen molar-refractivity contribution in [3.05, 3.63) is 88.9 Å². The van der Waals surface area contributed by atoms with Crippen LogP contribution in [0.5, 0.6) is 5.75 Å². The first-order valence-electron chi connectivity index (χ1n) is 10.3. The Kier molecular flexibility index (Phi) is 5.12. The highest BCUT2D eigenvalue weighted by Crippen LogP contribution is 2.49. The van der Waals surface area contributed by atoms with E-state index in [-0.39, 0.29) is 5.91 Å². The minimum Gasteiger partial charge on any atom is -0.496 e. The molecule has 3 aromatic carbocycles. The SMILES string of the molecule is COc1ccccc1[C@@H]1[C@@H]2C(=O)N(c3cccc(Cl)c3C)C(=O)[C@H]2ON1c1ccccc1. The Hall–Kier alpha value is -3.35. The van der Waals surface area contributed by atoms with Crippen molar-refractivity contribution in [1.29, 1.82) is 0 Å². The summed E-state index contributed by atoms with van der Waals surface area (Å²) in [6.45, 7) is 1.79. The highest BCUT2D eigenvalue weighted by molar-refractivity contribution is 6.32. The van der Waals surface area contributed by atoms with E-state index in [1.54, 1.807) is 37.3 Å². The fourth-order valence-electron chi connectivity index (χ4n) is 4.52. The number of nitrogens with zero attached hydrogens (tertiary/aromatic N) is 2. The van der Waals surface area contributed by atoms with E-state index >= 15 is 0 Å². The van der Waals surface area contributed by atoms with Crippen molar-refractivity contribution < 1.29 is 19.2 Å². The fraction of sp³-hybridized carbons (Fsp3) is 0.200. The number of imide groups is 1. The third kappa shape index (κ3) is 3.06. The van der Waals surface area contributed by atoms with E-state index in [1.165, 1.54) is 4.90 Å². The Morgan fingerprint density at radius 2 is 1.62 bits per heavy atom. The Bertz CT molecular complexity index is 1200. The molecule has 2 heterocycles. The highest BCUT2D eigenvalue weighted by atomic mass is 35.5. The molecule has 32 heavy (non-hydrogen) atoms. The molecule has 6 nitrogen and oxygen atoms in total. The molecule has 0 aromatic heterocycles. The maximum absolute atomic E-state index is 13.7. The van der Waals surface area contributed by atoms with Crippen LogP contribution in [0, 0.1) is 12.8 Å². The maximum Gasteiger partial charge on any atom is 0.266 e. The summed E-state index contributed by atoms with van der Waals surface area (Å²) >= 11 is 6.27. The highest BCUT2D eigenvalue weighted by Gasteiger charge is 2.60. The molecule has 2 fully saturated rings. The van der Waals surface area contributed by atoms with Crippen molar-refractivity contribution in [3.63, 3.8) is 0 Å². The van der Waals surface area contributed by atoms with Gasteiger partial charge < -0.3 is 4.74 Å². The predicted octanol–water partition coefficient (Wildman–Crippen LogP) is 4.71.